The van der Waals surface area contributed by atoms with E-state index in [4.69, 9.17) is 0 Å². The standard InChI is InChI=1S/C11H19NO2/c1-8(9-2-3-9)11(14)12-6-4-10(13)5-7-12/h8-10,13H,2-7H2,1H3. The van der Waals surface area contributed by atoms with Crippen molar-refractivity contribution >= 4 is 5.91 Å². The van der Waals surface area contributed by atoms with E-state index < -0.39 is 0 Å². The summed E-state index contributed by atoms with van der Waals surface area (Å²) in [5, 5.41) is 9.33. The lowest BCUT2D eigenvalue weighted by Gasteiger charge is -2.31. The molecule has 2 rings (SSSR count). The highest BCUT2D eigenvalue weighted by Gasteiger charge is 2.35. The predicted octanol–water partition coefficient (Wildman–Crippen LogP) is 1.02. The third-order valence-corrected chi connectivity index (χ3v) is 3.49. The van der Waals surface area contributed by atoms with Gasteiger partial charge in [0.2, 0.25) is 5.91 Å². The van der Waals surface area contributed by atoms with Crippen molar-refractivity contribution in [3.05, 3.63) is 0 Å². The van der Waals surface area contributed by atoms with Crippen molar-refractivity contribution in [1.82, 2.24) is 4.90 Å². The Bertz CT molecular complexity index is 217. The summed E-state index contributed by atoms with van der Waals surface area (Å²) >= 11 is 0. The van der Waals surface area contributed by atoms with Gasteiger partial charge >= 0.3 is 0 Å². The number of hydrogen-bond donors (Lipinski definition) is 1. The van der Waals surface area contributed by atoms with Gasteiger partial charge in [-0.3, -0.25) is 4.79 Å². The van der Waals surface area contributed by atoms with Crippen LogP contribution in [0.5, 0.6) is 0 Å². The van der Waals surface area contributed by atoms with E-state index in [0.29, 0.717) is 11.8 Å². The average molecular weight is 197 g/mol. The van der Waals surface area contributed by atoms with Gasteiger partial charge in [0, 0.05) is 19.0 Å². The Morgan fingerprint density at radius 1 is 1.29 bits per heavy atom. The molecule has 1 saturated carbocycles. The second-order valence-electron chi connectivity index (χ2n) is 4.68. The third kappa shape index (κ3) is 2.08. The van der Waals surface area contributed by atoms with E-state index in [9.17, 15) is 9.90 Å². The van der Waals surface area contributed by atoms with Crippen LogP contribution in [0.3, 0.4) is 0 Å². The summed E-state index contributed by atoms with van der Waals surface area (Å²) in [6, 6.07) is 0. The quantitative estimate of drug-likeness (QED) is 0.718. The molecule has 3 heteroatoms. The minimum absolute atomic E-state index is 0.185. The van der Waals surface area contributed by atoms with Crippen molar-refractivity contribution in [1.29, 1.82) is 0 Å². The van der Waals surface area contributed by atoms with Crippen LogP contribution in [0.2, 0.25) is 0 Å². The van der Waals surface area contributed by atoms with Crippen molar-refractivity contribution in [3.63, 3.8) is 0 Å². The molecule has 80 valence electrons. The van der Waals surface area contributed by atoms with Crippen LogP contribution < -0.4 is 0 Å². The molecule has 0 spiro atoms. The maximum Gasteiger partial charge on any atom is 0.225 e. The molecular weight excluding hydrogens is 178 g/mol. The fraction of sp³-hybridized carbons (Fsp3) is 0.909. The summed E-state index contributed by atoms with van der Waals surface area (Å²) in [7, 11) is 0. The van der Waals surface area contributed by atoms with Gasteiger partial charge in [-0.1, -0.05) is 6.92 Å². The molecule has 1 unspecified atom stereocenters. The summed E-state index contributed by atoms with van der Waals surface area (Å²) in [6.07, 6.45) is 3.77. The van der Waals surface area contributed by atoms with Crippen LogP contribution in [0, 0.1) is 11.8 Å². The Morgan fingerprint density at radius 2 is 1.86 bits per heavy atom. The largest absolute Gasteiger partial charge is 0.393 e. The first-order valence-corrected chi connectivity index (χ1v) is 5.65. The van der Waals surface area contributed by atoms with E-state index >= 15 is 0 Å². The number of hydrogen-bond acceptors (Lipinski definition) is 2. The number of aliphatic hydroxyl groups is 1. The molecule has 1 heterocycles. The topological polar surface area (TPSA) is 40.5 Å². The van der Waals surface area contributed by atoms with Crippen LogP contribution in [-0.4, -0.2) is 35.1 Å². The Kier molecular flexibility index (Phi) is 2.77. The van der Waals surface area contributed by atoms with Crippen LogP contribution in [0.1, 0.15) is 32.6 Å². The van der Waals surface area contributed by atoms with Gasteiger partial charge in [0.25, 0.3) is 0 Å². The maximum absolute atomic E-state index is 11.9. The summed E-state index contributed by atoms with van der Waals surface area (Å²) in [5.41, 5.74) is 0. The number of carbonyl (C=O) groups excluding carboxylic acids is 1. The van der Waals surface area contributed by atoms with E-state index in [2.05, 4.69) is 0 Å². The summed E-state index contributed by atoms with van der Waals surface area (Å²) in [6.45, 7) is 3.54. The monoisotopic (exact) mass is 197 g/mol. The summed E-state index contributed by atoms with van der Waals surface area (Å²) in [5.74, 6) is 1.17. The number of nitrogens with zero attached hydrogens (tertiary/aromatic N) is 1. The van der Waals surface area contributed by atoms with Gasteiger partial charge in [-0.05, 0) is 31.6 Å². The molecule has 0 aromatic carbocycles. The molecule has 1 saturated heterocycles. The Labute approximate surface area is 85.1 Å². The number of likely N-dealkylation sites (tertiary alicyclic amines) is 1. The van der Waals surface area contributed by atoms with Crippen molar-refractivity contribution in [2.45, 2.75) is 38.7 Å². The first-order chi connectivity index (χ1) is 6.68. The highest BCUT2D eigenvalue weighted by molar-refractivity contribution is 5.79. The van der Waals surface area contributed by atoms with Crippen LogP contribution >= 0.6 is 0 Å². The zero-order valence-electron chi connectivity index (χ0n) is 8.78. The fourth-order valence-corrected chi connectivity index (χ4v) is 2.17. The molecule has 0 bridgehead atoms. The van der Waals surface area contributed by atoms with Gasteiger partial charge in [-0.15, -0.1) is 0 Å². The second-order valence-corrected chi connectivity index (χ2v) is 4.68. The molecule has 2 aliphatic rings. The van der Waals surface area contributed by atoms with E-state index in [0.717, 1.165) is 25.9 Å². The summed E-state index contributed by atoms with van der Waals surface area (Å²) in [4.78, 5) is 13.9. The van der Waals surface area contributed by atoms with E-state index in [1.807, 2.05) is 11.8 Å². The first kappa shape index (κ1) is 9.97. The first-order valence-electron chi connectivity index (χ1n) is 5.65. The number of carbonyl (C=O) groups is 1. The number of piperidine rings is 1. The molecule has 2 fully saturated rings. The Hall–Kier alpha value is -0.570. The minimum atomic E-state index is -0.185. The predicted molar refractivity (Wildman–Crippen MR) is 53.7 cm³/mol. The smallest absolute Gasteiger partial charge is 0.225 e. The molecule has 1 atom stereocenters. The van der Waals surface area contributed by atoms with Crippen LogP contribution in [0.15, 0.2) is 0 Å². The maximum atomic E-state index is 11.9. The zero-order chi connectivity index (χ0) is 10.1. The van der Waals surface area contributed by atoms with E-state index in [1.165, 1.54) is 12.8 Å². The van der Waals surface area contributed by atoms with Crippen LogP contribution in [0.4, 0.5) is 0 Å². The highest BCUT2D eigenvalue weighted by Crippen LogP contribution is 2.37. The molecular formula is C11H19NO2. The average Bonchev–Trinajstić information content (AvgIpc) is 3.00. The highest BCUT2D eigenvalue weighted by atomic mass is 16.3. The van der Waals surface area contributed by atoms with E-state index in [1.54, 1.807) is 0 Å². The van der Waals surface area contributed by atoms with Crippen molar-refractivity contribution in [2.24, 2.45) is 11.8 Å². The minimum Gasteiger partial charge on any atom is -0.393 e. The van der Waals surface area contributed by atoms with Gasteiger partial charge < -0.3 is 10.0 Å². The molecule has 0 aromatic rings. The van der Waals surface area contributed by atoms with E-state index in [-0.39, 0.29) is 12.0 Å². The molecule has 1 amide bonds. The summed E-state index contributed by atoms with van der Waals surface area (Å²) < 4.78 is 0. The normalized spacial score (nSPS) is 26.3. The number of amides is 1. The van der Waals surface area contributed by atoms with Crippen molar-refractivity contribution in [3.8, 4) is 0 Å². The van der Waals surface area contributed by atoms with Crippen molar-refractivity contribution in [2.75, 3.05) is 13.1 Å². The SMILES string of the molecule is CC(C(=O)N1CCC(O)CC1)C1CC1. The lowest BCUT2D eigenvalue weighted by Crippen LogP contribution is -2.42. The second kappa shape index (κ2) is 3.89. The molecule has 1 aliphatic heterocycles. The molecule has 3 nitrogen and oxygen atoms in total. The fourth-order valence-electron chi connectivity index (χ4n) is 2.17. The number of aliphatic hydroxyl groups excluding tert-OH is 1. The Morgan fingerprint density at radius 3 is 2.36 bits per heavy atom. The molecule has 1 N–H and O–H groups in total. The van der Waals surface area contributed by atoms with Crippen LogP contribution in [-0.2, 0) is 4.79 Å². The lowest BCUT2D eigenvalue weighted by atomic mass is 10.0. The van der Waals surface area contributed by atoms with Gasteiger partial charge in [-0.25, -0.2) is 0 Å². The zero-order valence-corrected chi connectivity index (χ0v) is 8.78. The van der Waals surface area contributed by atoms with Gasteiger partial charge in [0.15, 0.2) is 0 Å². The van der Waals surface area contributed by atoms with Crippen LogP contribution in [0.25, 0.3) is 0 Å². The van der Waals surface area contributed by atoms with Gasteiger partial charge in [0.05, 0.1) is 6.10 Å². The Balaban J connectivity index is 1.84. The van der Waals surface area contributed by atoms with Crippen molar-refractivity contribution < 1.29 is 9.90 Å². The van der Waals surface area contributed by atoms with Gasteiger partial charge in [-0.2, -0.15) is 0 Å². The molecule has 1 aliphatic carbocycles. The number of rotatable bonds is 2. The lowest BCUT2D eigenvalue weighted by molar-refractivity contribution is -0.137. The molecule has 0 radical (unpaired) electrons. The third-order valence-electron chi connectivity index (χ3n) is 3.49. The molecule has 0 aromatic heterocycles. The molecule has 14 heavy (non-hydrogen) atoms. The van der Waals surface area contributed by atoms with Gasteiger partial charge in [0.1, 0.15) is 0 Å².